The summed E-state index contributed by atoms with van der Waals surface area (Å²) in [6, 6.07) is 5.66. The van der Waals surface area contributed by atoms with Gasteiger partial charge in [-0.1, -0.05) is 12.1 Å². The van der Waals surface area contributed by atoms with Gasteiger partial charge in [-0.3, -0.25) is 14.2 Å². The molecule has 6 heteroatoms. The van der Waals surface area contributed by atoms with E-state index in [1.807, 2.05) is 0 Å². The molecule has 1 heterocycles. The lowest BCUT2D eigenvalue weighted by Gasteiger charge is -2.11. The molecule has 0 fully saturated rings. The molecular weight excluding hydrogens is 258 g/mol. The third kappa shape index (κ3) is 2.92. The molecule has 1 atom stereocenters. The minimum Gasteiger partial charge on any atom is -0.508 e. The molecule has 0 radical (unpaired) electrons. The van der Waals surface area contributed by atoms with E-state index in [9.17, 15) is 14.7 Å². The van der Waals surface area contributed by atoms with Crippen molar-refractivity contribution in [3.63, 3.8) is 0 Å². The first-order valence-corrected chi connectivity index (χ1v) is 6.11. The molecule has 0 aliphatic rings. The lowest BCUT2D eigenvalue weighted by molar-refractivity contribution is 0.0888. The molecule has 2 aromatic rings. The smallest absolute Gasteiger partial charge is 0.229 e. The number of rotatable bonds is 4. The van der Waals surface area contributed by atoms with Gasteiger partial charge in [0.25, 0.3) is 0 Å². The van der Waals surface area contributed by atoms with Crippen molar-refractivity contribution < 1.29 is 14.7 Å². The maximum Gasteiger partial charge on any atom is 0.229 e. The molecule has 0 amide bonds. The minimum absolute atomic E-state index is 0.0452. The van der Waals surface area contributed by atoms with Gasteiger partial charge in [-0.15, -0.1) is 0 Å². The lowest BCUT2D eigenvalue weighted by atomic mass is 10.0. The quantitative estimate of drug-likeness (QED) is 0.810. The zero-order valence-electron chi connectivity index (χ0n) is 11.0. The van der Waals surface area contributed by atoms with Crippen molar-refractivity contribution in [3.8, 4) is 5.75 Å². The Bertz CT molecular complexity index is 631. The number of nitrogens with two attached hydrogens (primary N) is 1. The molecule has 0 bridgehead atoms. The summed E-state index contributed by atoms with van der Waals surface area (Å²) in [5, 5.41) is 9.20. The number of phenols is 1. The van der Waals surface area contributed by atoms with Crippen molar-refractivity contribution in [2.75, 3.05) is 0 Å². The van der Waals surface area contributed by atoms with Gasteiger partial charge in [0.2, 0.25) is 11.7 Å². The average Bonchev–Trinajstić information content (AvgIpc) is 2.90. The van der Waals surface area contributed by atoms with Crippen molar-refractivity contribution in [1.82, 2.24) is 9.55 Å². The number of ketones is 1. The van der Waals surface area contributed by atoms with E-state index in [1.54, 1.807) is 12.1 Å². The highest BCUT2D eigenvalue weighted by Crippen LogP contribution is 2.12. The monoisotopic (exact) mass is 273 g/mol. The van der Waals surface area contributed by atoms with Gasteiger partial charge in [-0.05, 0) is 24.1 Å². The number of imidazole rings is 1. The second kappa shape index (κ2) is 5.66. The van der Waals surface area contributed by atoms with Gasteiger partial charge in [-0.25, -0.2) is 4.98 Å². The third-order valence-electron chi connectivity index (χ3n) is 2.93. The van der Waals surface area contributed by atoms with E-state index >= 15 is 0 Å². The van der Waals surface area contributed by atoms with Gasteiger partial charge in [0, 0.05) is 19.3 Å². The van der Waals surface area contributed by atoms with E-state index in [0.29, 0.717) is 6.42 Å². The molecule has 3 N–H and O–H groups in total. The number of carbonyl (C=O) groups excluding carboxylic acids is 2. The Morgan fingerprint density at radius 3 is 2.60 bits per heavy atom. The topological polar surface area (TPSA) is 98.2 Å². The molecule has 0 saturated heterocycles. The molecule has 104 valence electrons. The summed E-state index contributed by atoms with van der Waals surface area (Å²) in [6.07, 6.45) is 3.13. The highest BCUT2D eigenvalue weighted by atomic mass is 16.3. The van der Waals surface area contributed by atoms with Gasteiger partial charge >= 0.3 is 0 Å². The zero-order valence-corrected chi connectivity index (χ0v) is 11.0. The second-order valence-corrected chi connectivity index (χ2v) is 4.48. The van der Waals surface area contributed by atoms with Crippen LogP contribution in [-0.4, -0.2) is 32.4 Å². The van der Waals surface area contributed by atoms with Crippen LogP contribution in [-0.2, 0) is 6.42 Å². The zero-order chi connectivity index (χ0) is 14.7. The summed E-state index contributed by atoms with van der Waals surface area (Å²) in [7, 11) is 0. The number of nitrogens with zero attached hydrogens (tertiary/aromatic N) is 2. The molecule has 1 aromatic carbocycles. The Labute approximate surface area is 115 Å². The molecule has 0 aliphatic carbocycles. The van der Waals surface area contributed by atoms with Crippen LogP contribution >= 0.6 is 0 Å². The maximum absolute atomic E-state index is 12.2. The SMILES string of the molecule is CC(=O)n1ccnc1C(=O)C(N)Cc1ccc(O)cc1. The predicted molar refractivity (Wildman–Crippen MR) is 72.6 cm³/mol. The van der Waals surface area contributed by atoms with Crippen LogP contribution in [0.15, 0.2) is 36.7 Å². The van der Waals surface area contributed by atoms with Gasteiger partial charge in [0.15, 0.2) is 5.82 Å². The fourth-order valence-corrected chi connectivity index (χ4v) is 1.88. The van der Waals surface area contributed by atoms with E-state index in [0.717, 1.165) is 5.56 Å². The summed E-state index contributed by atoms with van der Waals surface area (Å²) >= 11 is 0. The van der Waals surface area contributed by atoms with Crippen LogP contribution in [0.2, 0.25) is 0 Å². The standard InChI is InChI=1S/C14H15N3O3/c1-9(18)17-7-6-16-14(17)13(20)12(15)8-10-2-4-11(19)5-3-10/h2-7,12,19H,8,15H2,1H3. The van der Waals surface area contributed by atoms with E-state index in [2.05, 4.69) is 4.98 Å². The van der Waals surface area contributed by atoms with Gasteiger partial charge in [0.05, 0.1) is 6.04 Å². The number of aromatic nitrogens is 2. The van der Waals surface area contributed by atoms with E-state index in [4.69, 9.17) is 5.73 Å². The number of carbonyl (C=O) groups is 2. The lowest BCUT2D eigenvalue weighted by Crippen LogP contribution is -2.35. The van der Waals surface area contributed by atoms with Crippen LogP contribution in [0.3, 0.4) is 0 Å². The number of hydrogen-bond donors (Lipinski definition) is 2. The normalized spacial score (nSPS) is 12.1. The first kappa shape index (κ1) is 14.0. The summed E-state index contributed by atoms with van der Waals surface area (Å²) in [6.45, 7) is 1.35. The van der Waals surface area contributed by atoms with Crippen molar-refractivity contribution in [1.29, 1.82) is 0 Å². The summed E-state index contributed by atoms with van der Waals surface area (Å²) < 4.78 is 1.18. The fraction of sp³-hybridized carbons (Fsp3) is 0.214. The Kier molecular flexibility index (Phi) is 3.95. The van der Waals surface area contributed by atoms with Crippen molar-refractivity contribution >= 4 is 11.7 Å². The molecule has 6 nitrogen and oxygen atoms in total. The second-order valence-electron chi connectivity index (χ2n) is 4.48. The van der Waals surface area contributed by atoms with Gasteiger partial charge < -0.3 is 10.8 Å². The Balaban J connectivity index is 2.14. The maximum atomic E-state index is 12.2. The van der Waals surface area contributed by atoms with Crippen LogP contribution in [0, 0.1) is 0 Å². The highest BCUT2D eigenvalue weighted by Gasteiger charge is 2.22. The predicted octanol–water partition coefficient (Wildman–Crippen LogP) is 1.00. The van der Waals surface area contributed by atoms with Gasteiger partial charge in [-0.2, -0.15) is 0 Å². The van der Waals surface area contributed by atoms with Crippen LogP contribution < -0.4 is 5.73 Å². The molecule has 20 heavy (non-hydrogen) atoms. The number of hydrogen-bond acceptors (Lipinski definition) is 5. The van der Waals surface area contributed by atoms with E-state index in [1.165, 1.54) is 36.0 Å². The molecule has 2 rings (SSSR count). The van der Waals surface area contributed by atoms with Crippen LogP contribution in [0.5, 0.6) is 5.75 Å². The third-order valence-corrected chi connectivity index (χ3v) is 2.93. The molecule has 1 aromatic heterocycles. The van der Waals surface area contributed by atoms with Crippen molar-refractivity contribution in [2.24, 2.45) is 5.73 Å². The van der Waals surface area contributed by atoms with Crippen LogP contribution in [0.25, 0.3) is 0 Å². The Morgan fingerprint density at radius 1 is 1.35 bits per heavy atom. The van der Waals surface area contributed by atoms with E-state index in [-0.39, 0.29) is 17.5 Å². The Morgan fingerprint density at radius 2 is 2.00 bits per heavy atom. The highest BCUT2D eigenvalue weighted by molar-refractivity contribution is 6.00. The number of phenolic OH excluding ortho intramolecular Hbond substituents is 1. The summed E-state index contributed by atoms with van der Waals surface area (Å²) in [4.78, 5) is 27.4. The van der Waals surface area contributed by atoms with Crippen molar-refractivity contribution in [3.05, 3.63) is 48.0 Å². The largest absolute Gasteiger partial charge is 0.508 e. The number of benzene rings is 1. The van der Waals surface area contributed by atoms with Gasteiger partial charge in [0.1, 0.15) is 5.75 Å². The molecular formula is C14H15N3O3. The van der Waals surface area contributed by atoms with Crippen LogP contribution in [0.4, 0.5) is 0 Å². The first-order valence-electron chi connectivity index (χ1n) is 6.11. The molecule has 0 saturated carbocycles. The number of aromatic hydroxyl groups is 1. The summed E-state index contributed by atoms with van der Waals surface area (Å²) in [5.74, 6) is -0.481. The van der Waals surface area contributed by atoms with E-state index < -0.39 is 11.8 Å². The number of Topliss-reactive ketones (excluding diaryl/α,β-unsaturated/α-hetero) is 1. The minimum atomic E-state index is -0.792. The van der Waals surface area contributed by atoms with Crippen molar-refractivity contribution in [2.45, 2.75) is 19.4 Å². The molecule has 0 spiro atoms. The molecule has 1 unspecified atom stereocenters. The average molecular weight is 273 g/mol. The Hall–Kier alpha value is -2.47. The summed E-state index contributed by atoms with van der Waals surface area (Å²) in [5.41, 5.74) is 6.69. The molecule has 0 aliphatic heterocycles. The first-order chi connectivity index (χ1) is 9.49. The fourth-order valence-electron chi connectivity index (χ4n) is 1.88. The van der Waals surface area contributed by atoms with Crippen LogP contribution in [0.1, 0.15) is 27.9 Å².